The normalized spacial score (nSPS) is 13.3. The minimum Gasteiger partial charge on any atom is -0.383 e. The van der Waals surface area contributed by atoms with Gasteiger partial charge in [-0.15, -0.1) is 0 Å². The quantitative estimate of drug-likeness (QED) is 0.572. The van der Waals surface area contributed by atoms with Gasteiger partial charge in [0, 0.05) is 13.2 Å². The van der Waals surface area contributed by atoms with Crippen LogP contribution in [0.3, 0.4) is 0 Å². The number of methoxy groups -OCH3 is 1. The van der Waals surface area contributed by atoms with Crippen molar-refractivity contribution in [2.75, 3.05) is 26.8 Å². The molecule has 0 amide bonds. The van der Waals surface area contributed by atoms with Crippen molar-refractivity contribution in [2.24, 2.45) is 10.9 Å². The maximum absolute atomic E-state index is 11.2. The maximum atomic E-state index is 11.2. The van der Waals surface area contributed by atoms with Crippen molar-refractivity contribution >= 4 is 10.0 Å². The molecule has 1 aromatic rings. The third kappa shape index (κ3) is 7.01. The summed E-state index contributed by atoms with van der Waals surface area (Å²) in [4.78, 5) is 0.138. The molecule has 7 heteroatoms. The summed E-state index contributed by atoms with van der Waals surface area (Å²) in [6.45, 7) is 2.13. The monoisotopic (exact) mass is 315 g/mol. The second kappa shape index (κ2) is 9.11. The standard InChI is InChI=1S/C14H25N3O3S/c1-20-11-13(3-2-9-15)17-10-8-12-4-6-14(7-5-12)21(16,18)19/h4-7,13,17H,2-3,8-11,15H2,1H3,(H2,16,18,19). The number of ether oxygens (including phenoxy) is 1. The van der Waals surface area contributed by atoms with Gasteiger partial charge in [-0.3, -0.25) is 0 Å². The predicted octanol–water partition coefficient (Wildman–Crippen LogP) is 0.220. The Kier molecular flexibility index (Phi) is 7.84. The van der Waals surface area contributed by atoms with Gasteiger partial charge in [0.1, 0.15) is 0 Å². The first kappa shape index (κ1) is 18.1. The molecule has 0 aromatic heterocycles. The molecule has 1 aromatic carbocycles. The summed E-state index contributed by atoms with van der Waals surface area (Å²) in [7, 11) is -1.93. The average Bonchev–Trinajstić information content (AvgIpc) is 2.44. The van der Waals surface area contributed by atoms with Gasteiger partial charge in [-0.1, -0.05) is 12.1 Å². The molecule has 0 radical (unpaired) electrons. The van der Waals surface area contributed by atoms with Gasteiger partial charge in [-0.05, 0) is 50.0 Å². The molecule has 1 unspecified atom stereocenters. The van der Waals surface area contributed by atoms with Crippen LogP contribution in [0.2, 0.25) is 0 Å². The third-order valence-electron chi connectivity index (χ3n) is 3.22. The Morgan fingerprint density at radius 1 is 1.29 bits per heavy atom. The topological polar surface area (TPSA) is 107 Å². The van der Waals surface area contributed by atoms with E-state index in [-0.39, 0.29) is 4.90 Å². The molecular weight excluding hydrogens is 290 g/mol. The van der Waals surface area contributed by atoms with Crippen LogP contribution in [0.5, 0.6) is 0 Å². The molecule has 0 fully saturated rings. The Morgan fingerprint density at radius 2 is 1.95 bits per heavy atom. The Labute approximate surface area is 126 Å². The summed E-state index contributed by atoms with van der Waals surface area (Å²) in [6, 6.07) is 6.93. The van der Waals surface area contributed by atoms with Gasteiger partial charge in [-0.2, -0.15) is 0 Å². The van der Waals surface area contributed by atoms with Gasteiger partial charge < -0.3 is 15.8 Å². The van der Waals surface area contributed by atoms with Gasteiger partial charge >= 0.3 is 0 Å². The largest absolute Gasteiger partial charge is 0.383 e. The van der Waals surface area contributed by atoms with Gasteiger partial charge in [0.2, 0.25) is 10.0 Å². The molecule has 1 atom stereocenters. The molecule has 120 valence electrons. The Hall–Kier alpha value is -0.990. The van der Waals surface area contributed by atoms with Crippen molar-refractivity contribution in [3.05, 3.63) is 29.8 Å². The highest BCUT2D eigenvalue weighted by Crippen LogP contribution is 2.09. The number of benzene rings is 1. The molecule has 0 saturated carbocycles. The van der Waals surface area contributed by atoms with E-state index in [9.17, 15) is 8.42 Å². The van der Waals surface area contributed by atoms with Crippen LogP contribution in [0.1, 0.15) is 18.4 Å². The second-order valence-electron chi connectivity index (χ2n) is 4.98. The Balaban J connectivity index is 2.43. The summed E-state index contributed by atoms with van der Waals surface area (Å²) in [5, 5.41) is 8.49. The lowest BCUT2D eigenvalue weighted by molar-refractivity contribution is 0.162. The summed E-state index contributed by atoms with van der Waals surface area (Å²) in [5.41, 5.74) is 6.57. The van der Waals surface area contributed by atoms with Crippen LogP contribution < -0.4 is 16.2 Å². The zero-order valence-electron chi connectivity index (χ0n) is 12.4. The molecule has 6 nitrogen and oxygen atoms in total. The number of primary sulfonamides is 1. The molecule has 0 aliphatic heterocycles. The van der Waals surface area contributed by atoms with E-state index in [1.54, 1.807) is 19.2 Å². The van der Waals surface area contributed by atoms with Crippen molar-refractivity contribution in [1.82, 2.24) is 5.32 Å². The maximum Gasteiger partial charge on any atom is 0.238 e. The van der Waals surface area contributed by atoms with Gasteiger partial charge in [-0.25, -0.2) is 13.6 Å². The lowest BCUT2D eigenvalue weighted by Gasteiger charge is -2.17. The van der Waals surface area contributed by atoms with E-state index < -0.39 is 10.0 Å². The van der Waals surface area contributed by atoms with E-state index in [0.29, 0.717) is 19.2 Å². The van der Waals surface area contributed by atoms with Crippen molar-refractivity contribution in [1.29, 1.82) is 0 Å². The lowest BCUT2D eigenvalue weighted by Crippen LogP contribution is -2.35. The minimum absolute atomic E-state index is 0.138. The number of hydrogen-bond acceptors (Lipinski definition) is 5. The van der Waals surface area contributed by atoms with Gasteiger partial charge in [0.15, 0.2) is 0 Å². The Bertz CT molecular complexity index is 503. The molecule has 0 bridgehead atoms. The van der Waals surface area contributed by atoms with E-state index in [1.807, 2.05) is 0 Å². The van der Waals surface area contributed by atoms with Crippen LogP contribution in [0.25, 0.3) is 0 Å². The predicted molar refractivity (Wildman–Crippen MR) is 83.5 cm³/mol. The molecule has 0 spiro atoms. The van der Waals surface area contributed by atoms with Crippen LogP contribution in [0.15, 0.2) is 29.2 Å². The van der Waals surface area contributed by atoms with Crippen molar-refractivity contribution in [3.63, 3.8) is 0 Å². The van der Waals surface area contributed by atoms with Crippen LogP contribution in [-0.4, -0.2) is 41.3 Å². The molecule has 0 saturated heterocycles. The number of nitrogens with two attached hydrogens (primary N) is 2. The molecule has 0 heterocycles. The second-order valence-corrected chi connectivity index (χ2v) is 6.54. The third-order valence-corrected chi connectivity index (χ3v) is 4.15. The van der Waals surface area contributed by atoms with Crippen LogP contribution in [0, 0.1) is 0 Å². The van der Waals surface area contributed by atoms with E-state index in [0.717, 1.165) is 31.4 Å². The SMILES string of the molecule is COCC(CCCN)NCCc1ccc(S(N)(=O)=O)cc1. The number of sulfonamides is 1. The number of rotatable bonds is 10. The first-order valence-corrected chi connectivity index (χ1v) is 8.56. The summed E-state index contributed by atoms with van der Waals surface area (Å²) < 4.78 is 27.5. The van der Waals surface area contributed by atoms with E-state index in [1.165, 1.54) is 12.1 Å². The average molecular weight is 315 g/mol. The van der Waals surface area contributed by atoms with Crippen molar-refractivity contribution < 1.29 is 13.2 Å². The summed E-state index contributed by atoms with van der Waals surface area (Å²) in [6.07, 6.45) is 2.76. The molecule has 21 heavy (non-hydrogen) atoms. The smallest absolute Gasteiger partial charge is 0.238 e. The molecule has 5 N–H and O–H groups in total. The summed E-state index contributed by atoms with van der Waals surface area (Å²) >= 11 is 0. The highest BCUT2D eigenvalue weighted by atomic mass is 32.2. The van der Waals surface area contributed by atoms with Crippen molar-refractivity contribution in [2.45, 2.75) is 30.2 Å². The van der Waals surface area contributed by atoms with Gasteiger partial charge in [0.25, 0.3) is 0 Å². The number of hydrogen-bond donors (Lipinski definition) is 3. The fraction of sp³-hybridized carbons (Fsp3) is 0.571. The first-order valence-electron chi connectivity index (χ1n) is 7.01. The van der Waals surface area contributed by atoms with Gasteiger partial charge in [0.05, 0.1) is 11.5 Å². The first-order chi connectivity index (χ1) is 9.97. The Morgan fingerprint density at radius 3 is 2.48 bits per heavy atom. The highest BCUT2D eigenvalue weighted by molar-refractivity contribution is 7.89. The van der Waals surface area contributed by atoms with Crippen LogP contribution in [-0.2, 0) is 21.2 Å². The highest BCUT2D eigenvalue weighted by Gasteiger charge is 2.08. The summed E-state index contributed by atoms with van der Waals surface area (Å²) in [5.74, 6) is 0. The molecule has 1 rings (SSSR count). The molecule has 0 aliphatic rings. The fourth-order valence-corrected chi connectivity index (χ4v) is 2.59. The lowest BCUT2D eigenvalue weighted by atomic mass is 10.1. The van der Waals surface area contributed by atoms with Crippen molar-refractivity contribution in [3.8, 4) is 0 Å². The molecular formula is C14H25N3O3S. The van der Waals surface area contributed by atoms with E-state index >= 15 is 0 Å². The fourth-order valence-electron chi connectivity index (χ4n) is 2.08. The number of nitrogens with one attached hydrogen (secondary N) is 1. The molecule has 0 aliphatic carbocycles. The zero-order chi connectivity index (χ0) is 15.7. The van der Waals surface area contributed by atoms with Crippen LogP contribution >= 0.6 is 0 Å². The van der Waals surface area contributed by atoms with E-state index in [4.69, 9.17) is 15.6 Å². The minimum atomic E-state index is -3.62. The van der Waals surface area contributed by atoms with Crippen LogP contribution in [0.4, 0.5) is 0 Å². The zero-order valence-corrected chi connectivity index (χ0v) is 13.2. The van der Waals surface area contributed by atoms with E-state index in [2.05, 4.69) is 5.32 Å².